The Morgan fingerprint density at radius 1 is 0.733 bits per heavy atom. The first-order valence-electron chi connectivity index (χ1n) is 15.9. The number of aryl methyl sites for hydroxylation is 2. The van der Waals surface area contributed by atoms with E-state index in [0.717, 1.165) is 22.1 Å². The molecule has 2 aliphatic carbocycles. The highest BCUT2D eigenvalue weighted by Crippen LogP contribution is 2.43. The highest BCUT2D eigenvalue weighted by Gasteiger charge is 2.32. The molecule has 0 spiro atoms. The number of carbonyl (C=O) groups is 4. The van der Waals surface area contributed by atoms with Crippen LogP contribution in [0.3, 0.4) is 0 Å². The van der Waals surface area contributed by atoms with Gasteiger partial charge in [0.05, 0.1) is 11.8 Å². The number of esters is 2. The molecule has 236 valence electrons. The monoisotopic (exact) mass is 629 g/mol. The number of nitrogens with zero attached hydrogens (tertiary/aromatic N) is 1. The first-order valence-corrected chi connectivity index (χ1v) is 16.7. The van der Waals surface area contributed by atoms with Gasteiger partial charge in [0.25, 0.3) is 0 Å². The Labute approximate surface area is 266 Å². The summed E-state index contributed by atoms with van der Waals surface area (Å²) in [5, 5.41) is 1.59. The van der Waals surface area contributed by atoms with Crippen molar-refractivity contribution < 1.29 is 33.1 Å². The Hall–Kier alpha value is -3.85. The summed E-state index contributed by atoms with van der Waals surface area (Å²) in [6.45, 7) is 9.44. The summed E-state index contributed by atoms with van der Waals surface area (Å²) >= 11 is 1.32. The van der Waals surface area contributed by atoms with Crippen LogP contribution >= 0.6 is 11.3 Å². The van der Waals surface area contributed by atoms with Gasteiger partial charge in [0.15, 0.2) is 22.3 Å². The van der Waals surface area contributed by atoms with Gasteiger partial charge in [-0.25, -0.2) is 4.98 Å². The Morgan fingerprint density at radius 3 is 1.80 bits per heavy atom. The molecule has 2 aliphatic rings. The van der Waals surface area contributed by atoms with Crippen molar-refractivity contribution in [1.82, 2.24) is 4.98 Å². The number of ether oxygens (including phenoxy) is 2. The summed E-state index contributed by atoms with van der Waals surface area (Å²) in [5.41, 5.74) is 4.69. The van der Waals surface area contributed by atoms with E-state index in [2.05, 4.69) is 20.8 Å². The third-order valence-corrected chi connectivity index (χ3v) is 11.1. The van der Waals surface area contributed by atoms with Gasteiger partial charge in [0.1, 0.15) is 27.4 Å². The highest BCUT2D eigenvalue weighted by atomic mass is 32.1. The average molecular weight is 630 g/mol. The zero-order valence-corrected chi connectivity index (χ0v) is 27.3. The van der Waals surface area contributed by atoms with Crippen molar-refractivity contribution in [2.75, 3.05) is 0 Å². The summed E-state index contributed by atoms with van der Waals surface area (Å²) in [6.07, 6.45) is 5.15. The first-order chi connectivity index (χ1) is 21.5. The van der Waals surface area contributed by atoms with Crippen molar-refractivity contribution in [2.45, 2.75) is 86.0 Å². The summed E-state index contributed by atoms with van der Waals surface area (Å²) < 4.78 is 18.8. The SMILES string of the molecule is CC(=O)C1CCC(C(=O)Oc2ccc(OC(=O)C3CCC(C(C)=O)CC3)c3sc(-c4cc5c(C)c(C)c(C)cc5o4)nc23)CC1. The van der Waals surface area contributed by atoms with Crippen molar-refractivity contribution in [1.29, 1.82) is 0 Å². The predicted octanol–water partition coefficient (Wildman–Crippen LogP) is 8.24. The summed E-state index contributed by atoms with van der Waals surface area (Å²) in [5.74, 6) is 0.349. The fourth-order valence-corrected chi connectivity index (χ4v) is 7.78. The van der Waals surface area contributed by atoms with Gasteiger partial charge in [-0.05, 0) is 127 Å². The van der Waals surface area contributed by atoms with Crippen LogP contribution in [0.4, 0.5) is 0 Å². The van der Waals surface area contributed by atoms with Crippen LogP contribution in [0.2, 0.25) is 0 Å². The molecule has 4 aromatic rings. The Balaban J connectivity index is 1.32. The fourth-order valence-electron chi connectivity index (χ4n) is 6.80. The lowest BCUT2D eigenvalue weighted by Gasteiger charge is -2.25. The van der Waals surface area contributed by atoms with Crippen LogP contribution in [-0.2, 0) is 19.2 Å². The standard InChI is InChI=1S/C36H39NO7S/c1-18-16-30-27(20(3)19(18)2)17-31(42-30)34-37-32-28(43-35(40)25-10-6-23(7-11-25)21(4)38)14-15-29(33(32)45-34)44-36(41)26-12-8-24(9-13-26)22(5)39/h14-17,23-26H,6-13H2,1-5H3. The molecule has 6 rings (SSSR count). The maximum atomic E-state index is 13.3. The number of thiazole rings is 1. The van der Waals surface area contributed by atoms with E-state index in [0.29, 0.717) is 83.9 Å². The van der Waals surface area contributed by atoms with E-state index in [-0.39, 0.29) is 47.2 Å². The van der Waals surface area contributed by atoms with E-state index < -0.39 is 0 Å². The van der Waals surface area contributed by atoms with Gasteiger partial charge in [-0.15, -0.1) is 11.3 Å². The highest BCUT2D eigenvalue weighted by molar-refractivity contribution is 7.22. The molecule has 2 saturated carbocycles. The number of rotatable bonds is 7. The number of fused-ring (bicyclic) bond motifs is 2. The van der Waals surface area contributed by atoms with E-state index in [1.807, 2.05) is 12.1 Å². The molecule has 2 heterocycles. The van der Waals surface area contributed by atoms with Gasteiger partial charge < -0.3 is 13.9 Å². The van der Waals surface area contributed by atoms with Gasteiger partial charge in [-0.2, -0.15) is 0 Å². The van der Waals surface area contributed by atoms with Gasteiger partial charge >= 0.3 is 11.9 Å². The second-order valence-corrected chi connectivity index (χ2v) is 13.9. The largest absolute Gasteiger partial charge is 0.454 e. The van der Waals surface area contributed by atoms with Crippen LogP contribution in [-0.4, -0.2) is 28.5 Å². The zero-order valence-electron chi connectivity index (χ0n) is 26.5. The first kappa shape index (κ1) is 31.1. The lowest BCUT2D eigenvalue weighted by molar-refractivity contribution is -0.141. The molecule has 2 fully saturated rings. The molecule has 9 heteroatoms. The van der Waals surface area contributed by atoms with Crippen LogP contribution in [0, 0.1) is 44.4 Å². The predicted molar refractivity (Wildman–Crippen MR) is 173 cm³/mol. The number of Topliss-reactive ketones (excluding diaryl/α,β-unsaturated/α-hetero) is 2. The van der Waals surface area contributed by atoms with Crippen LogP contribution in [0.5, 0.6) is 11.5 Å². The average Bonchev–Trinajstić information content (AvgIpc) is 3.67. The second-order valence-electron chi connectivity index (χ2n) is 12.9. The molecular weight excluding hydrogens is 590 g/mol. The number of hydrogen-bond donors (Lipinski definition) is 0. The maximum absolute atomic E-state index is 13.3. The van der Waals surface area contributed by atoms with Crippen LogP contribution in [0.15, 0.2) is 28.7 Å². The molecule has 45 heavy (non-hydrogen) atoms. The van der Waals surface area contributed by atoms with Crippen LogP contribution < -0.4 is 9.47 Å². The molecular formula is C36H39NO7S. The quantitative estimate of drug-likeness (QED) is 0.148. The Kier molecular flexibility index (Phi) is 8.66. The second kappa shape index (κ2) is 12.5. The number of ketones is 2. The number of furan rings is 1. The number of hydrogen-bond acceptors (Lipinski definition) is 9. The number of benzene rings is 2. The van der Waals surface area contributed by atoms with E-state index in [1.165, 1.54) is 16.9 Å². The molecule has 0 N–H and O–H groups in total. The molecule has 0 bridgehead atoms. The van der Waals surface area contributed by atoms with Gasteiger partial charge in [-0.3, -0.25) is 19.2 Å². The minimum absolute atomic E-state index is 0.00774. The Morgan fingerprint density at radius 2 is 1.24 bits per heavy atom. The molecule has 2 aromatic heterocycles. The zero-order chi connectivity index (χ0) is 32.0. The molecule has 0 saturated heterocycles. The lowest BCUT2D eigenvalue weighted by Crippen LogP contribution is -2.28. The fraction of sp³-hybridized carbons (Fsp3) is 0.472. The summed E-state index contributed by atoms with van der Waals surface area (Å²) in [4.78, 5) is 55.0. The van der Waals surface area contributed by atoms with Gasteiger partial charge in [0, 0.05) is 17.2 Å². The van der Waals surface area contributed by atoms with Crippen LogP contribution in [0.25, 0.3) is 32.0 Å². The minimum Gasteiger partial charge on any atom is -0.454 e. The van der Waals surface area contributed by atoms with Crippen molar-refractivity contribution >= 4 is 56.0 Å². The molecule has 0 atom stereocenters. The molecule has 8 nitrogen and oxygen atoms in total. The molecule has 0 aliphatic heterocycles. The molecule has 0 radical (unpaired) electrons. The van der Waals surface area contributed by atoms with Gasteiger partial charge in [-0.1, -0.05) is 0 Å². The smallest absolute Gasteiger partial charge is 0.314 e. The minimum atomic E-state index is -0.342. The Bertz CT molecular complexity index is 1730. The van der Waals surface area contributed by atoms with E-state index in [9.17, 15) is 19.2 Å². The van der Waals surface area contributed by atoms with Gasteiger partial charge in [0.2, 0.25) is 0 Å². The third kappa shape index (κ3) is 6.19. The lowest BCUT2D eigenvalue weighted by atomic mass is 9.80. The molecule has 0 amide bonds. The normalized spacial score (nSPS) is 22.0. The molecule has 2 aromatic carbocycles. The maximum Gasteiger partial charge on any atom is 0.314 e. The van der Waals surface area contributed by atoms with E-state index >= 15 is 0 Å². The van der Waals surface area contributed by atoms with Crippen molar-refractivity contribution in [2.24, 2.45) is 23.7 Å². The summed E-state index contributed by atoms with van der Waals surface area (Å²) in [6, 6.07) is 7.30. The van der Waals surface area contributed by atoms with Crippen molar-refractivity contribution in [3.05, 3.63) is 41.0 Å². The molecule has 0 unspecified atom stereocenters. The van der Waals surface area contributed by atoms with Crippen molar-refractivity contribution in [3.8, 4) is 22.3 Å². The summed E-state index contributed by atoms with van der Waals surface area (Å²) in [7, 11) is 0. The number of carbonyl (C=O) groups excluding carboxylic acids is 4. The van der Waals surface area contributed by atoms with Crippen LogP contribution in [0.1, 0.15) is 81.9 Å². The number of aromatic nitrogens is 1. The van der Waals surface area contributed by atoms with Crippen molar-refractivity contribution in [3.63, 3.8) is 0 Å². The van der Waals surface area contributed by atoms with E-state index in [1.54, 1.807) is 26.0 Å². The topological polar surface area (TPSA) is 113 Å². The third-order valence-electron chi connectivity index (χ3n) is 10.0. The van der Waals surface area contributed by atoms with E-state index in [4.69, 9.17) is 18.9 Å².